The van der Waals surface area contributed by atoms with Gasteiger partial charge in [0, 0.05) is 44.1 Å². The average Bonchev–Trinajstić information content (AvgIpc) is 2.88. The number of aryl methyl sites for hydroxylation is 3. The lowest BCUT2D eigenvalue weighted by Crippen LogP contribution is -2.47. The van der Waals surface area contributed by atoms with Gasteiger partial charge in [0.2, 0.25) is 5.91 Å². The van der Waals surface area contributed by atoms with Crippen LogP contribution in [0.4, 0.5) is 11.5 Å². The van der Waals surface area contributed by atoms with Crippen LogP contribution in [0.2, 0.25) is 0 Å². The number of nitrogens with one attached hydrogen (secondary N) is 1. The van der Waals surface area contributed by atoms with Gasteiger partial charge in [-0.3, -0.25) is 4.79 Å². The van der Waals surface area contributed by atoms with Crippen LogP contribution in [0.5, 0.6) is 0 Å². The van der Waals surface area contributed by atoms with Crippen molar-refractivity contribution in [2.75, 3.05) is 41.7 Å². The first kappa shape index (κ1) is 25.0. The molecule has 1 N–H and O–H groups in total. The lowest BCUT2D eigenvalue weighted by molar-refractivity contribution is -0.119. The maximum atomic E-state index is 12.4. The van der Waals surface area contributed by atoms with E-state index in [1.165, 1.54) is 34.1 Å². The van der Waals surface area contributed by atoms with Gasteiger partial charge in [-0.25, -0.2) is 9.97 Å². The molecule has 1 fully saturated rings. The van der Waals surface area contributed by atoms with Crippen molar-refractivity contribution in [2.24, 2.45) is 0 Å². The van der Waals surface area contributed by atoms with Crippen LogP contribution in [0, 0.1) is 13.8 Å². The fourth-order valence-electron chi connectivity index (χ4n) is 4.36. The molecule has 1 aliphatic heterocycles. The molecular weight excluding hydrogens is 454 g/mol. The maximum Gasteiger partial charge on any atom is 0.230 e. The minimum Gasteiger partial charge on any atom is -0.368 e. The molecular formula is C28H35N5OS. The fourth-order valence-corrected chi connectivity index (χ4v) is 5.00. The molecule has 6 nitrogen and oxygen atoms in total. The van der Waals surface area contributed by atoms with Gasteiger partial charge in [-0.05, 0) is 62.4 Å². The Hall–Kier alpha value is -3.06. The van der Waals surface area contributed by atoms with Gasteiger partial charge in [-0.1, -0.05) is 54.2 Å². The van der Waals surface area contributed by atoms with Crippen LogP contribution in [0.1, 0.15) is 30.0 Å². The zero-order valence-corrected chi connectivity index (χ0v) is 21.7. The molecule has 0 bridgehead atoms. The van der Waals surface area contributed by atoms with Crippen LogP contribution in [0.25, 0.3) is 0 Å². The third-order valence-electron chi connectivity index (χ3n) is 6.38. The Morgan fingerprint density at radius 3 is 2.54 bits per heavy atom. The summed E-state index contributed by atoms with van der Waals surface area (Å²) >= 11 is 1.39. The summed E-state index contributed by atoms with van der Waals surface area (Å²) in [7, 11) is 0. The molecule has 1 saturated heterocycles. The third kappa shape index (κ3) is 7.21. The highest BCUT2D eigenvalue weighted by Gasteiger charge is 2.20. The van der Waals surface area contributed by atoms with E-state index in [1.54, 1.807) is 6.20 Å². The summed E-state index contributed by atoms with van der Waals surface area (Å²) in [5.74, 6) is 1.27. The number of hydrogen-bond donors (Lipinski definition) is 1. The predicted octanol–water partition coefficient (Wildman–Crippen LogP) is 4.65. The van der Waals surface area contributed by atoms with E-state index in [0.717, 1.165) is 44.8 Å². The Bertz CT molecular complexity index is 1120. The van der Waals surface area contributed by atoms with Crippen molar-refractivity contribution in [1.29, 1.82) is 0 Å². The summed E-state index contributed by atoms with van der Waals surface area (Å²) < 4.78 is 0. The molecule has 2 heterocycles. The van der Waals surface area contributed by atoms with E-state index >= 15 is 0 Å². The number of anilines is 2. The highest BCUT2D eigenvalue weighted by Crippen LogP contribution is 2.25. The van der Waals surface area contributed by atoms with E-state index in [9.17, 15) is 4.79 Å². The van der Waals surface area contributed by atoms with Gasteiger partial charge in [0.1, 0.15) is 5.82 Å². The fraction of sp³-hybridized carbons (Fsp3) is 0.393. The van der Waals surface area contributed by atoms with E-state index in [2.05, 4.69) is 71.2 Å². The highest BCUT2D eigenvalue weighted by molar-refractivity contribution is 7.99. The topological polar surface area (TPSA) is 61.4 Å². The average molecular weight is 490 g/mol. The Kier molecular flexibility index (Phi) is 8.64. The first-order valence-electron chi connectivity index (χ1n) is 12.3. The molecule has 0 spiro atoms. The van der Waals surface area contributed by atoms with E-state index < -0.39 is 0 Å². The predicted molar refractivity (Wildman–Crippen MR) is 145 cm³/mol. The van der Waals surface area contributed by atoms with Crippen molar-refractivity contribution < 1.29 is 4.79 Å². The number of thioether (sulfide) groups is 1. The maximum absolute atomic E-state index is 12.4. The lowest BCUT2D eigenvalue weighted by atomic mass is 10.1. The summed E-state index contributed by atoms with van der Waals surface area (Å²) in [4.78, 5) is 26.3. The Morgan fingerprint density at radius 1 is 1.03 bits per heavy atom. The molecule has 7 heteroatoms. The van der Waals surface area contributed by atoms with Crippen LogP contribution in [-0.2, 0) is 11.2 Å². The van der Waals surface area contributed by atoms with Crippen molar-refractivity contribution in [3.05, 3.63) is 77.5 Å². The van der Waals surface area contributed by atoms with Crippen LogP contribution in [-0.4, -0.2) is 53.8 Å². The van der Waals surface area contributed by atoms with E-state index in [4.69, 9.17) is 4.98 Å². The van der Waals surface area contributed by atoms with Crippen LogP contribution >= 0.6 is 11.8 Å². The van der Waals surface area contributed by atoms with Crippen molar-refractivity contribution in [3.8, 4) is 0 Å². The molecule has 4 rings (SSSR count). The first-order valence-corrected chi connectivity index (χ1v) is 13.3. The van der Waals surface area contributed by atoms with Crippen molar-refractivity contribution >= 4 is 29.2 Å². The number of piperazine rings is 1. The lowest BCUT2D eigenvalue weighted by Gasteiger charge is -2.37. The molecule has 1 amide bonds. The summed E-state index contributed by atoms with van der Waals surface area (Å²) in [6.45, 7) is 10.1. The summed E-state index contributed by atoms with van der Waals surface area (Å²) in [6.07, 6.45) is 3.67. The number of aromatic nitrogens is 2. The molecule has 3 aromatic rings. The zero-order valence-electron chi connectivity index (χ0n) is 20.9. The molecule has 184 valence electrons. The number of carbonyl (C=O) groups excluding carboxylic acids is 1. The Morgan fingerprint density at radius 2 is 1.77 bits per heavy atom. The SMILES string of the molecule is Cc1ccc(C)c(N2CCN(c3ccnc(SCC(=O)N[C@@H](C)CCc4ccccc4)n3)CC2)c1. The van der Waals surface area contributed by atoms with Gasteiger partial charge in [0.05, 0.1) is 5.75 Å². The molecule has 1 aliphatic rings. The normalized spacial score (nSPS) is 14.6. The molecule has 1 aromatic heterocycles. The largest absolute Gasteiger partial charge is 0.368 e. The standard InChI is InChI=1S/C28H35N5OS/c1-21-9-10-22(2)25(19-21)32-15-17-33(18-16-32)26-13-14-29-28(31-26)35-20-27(34)30-23(3)11-12-24-7-5-4-6-8-24/h4-10,13-14,19,23H,11-12,15-18,20H2,1-3H3,(H,30,34)/t23-/m0/s1. The molecule has 0 unspecified atom stereocenters. The number of rotatable bonds is 9. The van der Waals surface area contributed by atoms with Gasteiger partial charge in [0.15, 0.2) is 5.16 Å². The number of benzene rings is 2. The van der Waals surface area contributed by atoms with E-state index in [-0.39, 0.29) is 11.9 Å². The smallest absolute Gasteiger partial charge is 0.230 e. The second kappa shape index (κ2) is 12.1. The Labute approximate surface area is 213 Å². The van der Waals surface area contributed by atoms with Crippen LogP contribution in [0.3, 0.4) is 0 Å². The van der Waals surface area contributed by atoms with Gasteiger partial charge < -0.3 is 15.1 Å². The third-order valence-corrected chi connectivity index (χ3v) is 7.24. The van der Waals surface area contributed by atoms with Gasteiger partial charge in [0.25, 0.3) is 0 Å². The molecule has 35 heavy (non-hydrogen) atoms. The van der Waals surface area contributed by atoms with E-state index in [1.807, 2.05) is 24.3 Å². The number of carbonyl (C=O) groups is 1. The van der Waals surface area contributed by atoms with Crippen molar-refractivity contribution in [2.45, 2.75) is 44.8 Å². The second-order valence-electron chi connectivity index (χ2n) is 9.24. The molecule has 1 atom stereocenters. The quantitative estimate of drug-likeness (QED) is 0.349. The zero-order chi connectivity index (χ0) is 24.6. The molecule has 0 saturated carbocycles. The minimum absolute atomic E-state index is 0.0201. The number of amides is 1. The first-order chi connectivity index (χ1) is 17.0. The van der Waals surface area contributed by atoms with Crippen molar-refractivity contribution in [3.63, 3.8) is 0 Å². The van der Waals surface area contributed by atoms with Crippen LogP contribution < -0.4 is 15.1 Å². The summed E-state index contributed by atoms with van der Waals surface area (Å²) in [5, 5.41) is 3.74. The van der Waals surface area contributed by atoms with Crippen molar-refractivity contribution in [1.82, 2.24) is 15.3 Å². The minimum atomic E-state index is 0.0201. The molecule has 0 aliphatic carbocycles. The molecule has 2 aromatic carbocycles. The van der Waals surface area contributed by atoms with Gasteiger partial charge >= 0.3 is 0 Å². The highest BCUT2D eigenvalue weighted by atomic mass is 32.2. The summed E-state index contributed by atoms with van der Waals surface area (Å²) in [5.41, 5.74) is 5.23. The van der Waals surface area contributed by atoms with E-state index in [0.29, 0.717) is 10.9 Å². The van der Waals surface area contributed by atoms with Gasteiger partial charge in [-0.2, -0.15) is 0 Å². The monoisotopic (exact) mass is 489 g/mol. The molecule has 0 radical (unpaired) electrons. The van der Waals surface area contributed by atoms with Crippen LogP contribution in [0.15, 0.2) is 66.0 Å². The second-order valence-corrected chi connectivity index (χ2v) is 10.2. The summed E-state index contributed by atoms with van der Waals surface area (Å²) in [6, 6.07) is 19.1. The van der Waals surface area contributed by atoms with Gasteiger partial charge in [-0.15, -0.1) is 0 Å². The Balaban J connectivity index is 1.24. The number of hydrogen-bond acceptors (Lipinski definition) is 6. The number of nitrogens with zero attached hydrogens (tertiary/aromatic N) is 4.